The first-order valence-corrected chi connectivity index (χ1v) is 7.41. The first-order chi connectivity index (χ1) is 9.65. The molecule has 2 aliphatic heterocycles. The first-order valence-electron chi connectivity index (χ1n) is 7.41. The molecule has 3 rings (SSSR count). The van der Waals surface area contributed by atoms with Gasteiger partial charge in [0, 0.05) is 39.3 Å². The summed E-state index contributed by atoms with van der Waals surface area (Å²) < 4.78 is 7.60. The number of fused-ring (bicyclic) bond motifs is 1. The number of aryl methyl sites for hydroxylation is 2. The van der Waals surface area contributed by atoms with Gasteiger partial charge in [0.05, 0.1) is 24.6 Å². The molecular formula is C14H26Cl2N4O2. The zero-order valence-corrected chi connectivity index (χ0v) is 14.6. The van der Waals surface area contributed by atoms with Crippen LogP contribution in [0.15, 0.2) is 6.07 Å². The number of nitrogens with zero attached hydrogens (tertiary/aromatic N) is 3. The van der Waals surface area contributed by atoms with Crippen molar-refractivity contribution in [1.82, 2.24) is 20.0 Å². The van der Waals surface area contributed by atoms with Crippen LogP contribution in [-0.4, -0.2) is 64.8 Å². The highest BCUT2D eigenvalue weighted by Crippen LogP contribution is 2.17. The van der Waals surface area contributed by atoms with E-state index in [1.54, 1.807) is 0 Å². The monoisotopic (exact) mass is 352 g/mol. The minimum Gasteiger partial charge on any atom is -0.385 e. The normalized spacial score (nSPS) is 26.1. The third-order valence-electron chi connectivity index (χ3n) is 3.98. The highest BCUT2D eigenvalue weighted by Gasteiger charge is 2.32. The fraction of sp³-hybridized carbons (Fsp3) is 0.786. The lowest BCUT2D eigenvalue weighted by atomic mass is 10.0. The van der Waals surface area contributed by atoms with E-state index < -0.39 is 5.60 Å². The van der Waals surface area contributed by atoms with E-state index in [9.17, 15) is 5.11 Å². The van der Waals surface area contributed by atoms with Crippen molar-refractivity contribution in [3.8, 4) is 0 Å². The number of rotatable bonds is 2. The Morgan fingerprint density at radius 1 is 1.41 bits per heavy atom. The van der Waals surface area contributed by atoms with Crippen molar-refractivity contribution in [3.63, 3.8) is 0 Å². The van der Waals surface area contributed by atoms with Crippen molar-refractivity contribution in [2.75, 3.05) is 39.4 Å². The molecule has 1 saturated heterocycles. The van der Waals surface area contributed by atoms with Crippen molar-refractivity contribution in [3.05, 3.63) is 17.5 Å². The number of β-amino-alcohol motifs (C(OH)–C–C–N with tert-alkyl or cyclic N) is 1. The van der Waals surface area contributed by atoms with Crippen LogP contribution in [0.5, 0.6) is 0 Å². The molecule has 1 fully saturated rings. The summed E-state index contributed by atoms with van der Waals surface area (Å²) in [6, 6.07) is 2.14. The van der Waals surface area contributed by atoms with Crippen LogP contribution in [0, 0.1) is 6.92 Å². The topological polar surface area (TPSA) is 62.6 Å². The van der Waals surface area contributed by atoms with Crippen LogP contribution in [0.1, 0.15) is 17.8 Å². The number of hydrogen-bond acceptors (Lipinski definition) is 5. The van der Waals surface area contributed by atoms with Gasteiger partial charge in [0.1, 0.15) is 5.60 Å². The minimum atomic E-state index is -0.791. The van der Waals surface area contributed by atoms with Gasteiger partial charge in [0.15, 0.2) is 0 Å². The Labute approximate surface area is 144 Å². The van der Waals surface area contributed by atoms with Crippen molar-refractivity contribution in [1.29, 1.82) is 0 Å². The summed E-state index contributed by atoms with van der Waals surface area (Å²) >= 11 is 0. The minimum absolute atomic E-state index is 0. The Balaban J connectivity index is 0.00000121. The van der Waals surface area contributed by atoms with E-state index in [1.807, 2.05) is 6.92 Å². The van der Waals surface area contributed by atoms with E-state index >= 15 is 0 Å². The number of nitrogens with one attached hydrogen (secondary N) is 1. The Kier molecular flexibility index (Phi) is 7.58. The molecular weight excluding hydrogens is 327 g/mol. The van der Waals surface area contributed by atoms with E-state index in [1.165, 1.54) is 5.69 Å². The second-order valence-corrected chi connectivity index (χ2v) is 6.02. The summed E-state index contributed by atoms with van der Waals surface area (Å²) in [5, 5.41) is 18.5. The van der Waals surface area contributed by atoms with Crippen LogP contribution in [0.3, 0.4) is 0 Å². The van der Waals surface area contributed by atoms with E-state index in [0.29, 0.717) is 26.3 Å². The average molecular weight is 353 g/mol. The fourth-order valence-electron chi connectivity index (χ4n) is 3.10. The van der Waals surface area contributed by atoms with Crippen LogP contribution < -0.4 is 5.32 Å². The molecule has 8 heteroatoms. The molecule has 0 spiro atoms. The lowest BCUT2D eigenvalue weighted by molar-refractivity contribution is -0.0501. The Bertz CT molecular complexity index is 462. The molecule has 1 atom stereocenters. The average Bonchev–Trinajstić information content (AvgIpc) is 2.56. The quantitative estimate of drug-likeness (QED) is 0.815. The molecule has 1 aromatic rings. The number of ether oxygens (including phenoxy) is 1. The predicted octanol–water partition coefficient (Wildman–Crippen LogP) is 0.592. The molecule has 1 aromatic heterocycles. The van der Waals surface area contributed by atoms with Crippen LogP contribution in [-0.2, 0) is 17.8 Å². The third kappa shape index (κ3) is 4.81. The second-order valence-electron chi connectivity index (χ2n) is 6.02. The number of hydrogen-bond donors (Lipinski definition) is 2. The van der Waals surface area contributed by atoms with Gasteiger partial charge in [-0.05, 0) is 19.4 Å². The fourth-order valence-corrected chi connectivity index (χ4v) is 3.10. The van der Waals surface area contributed by atoms with Gasteiger partial charge in [-0.2, -0.15) is 5.10 Å². The first kappa shape index (κ1) is 19.7. The van der Waals surface area contributed by atoms with E-state index in [-0.39, 0.29) is 24.8 Å². The molecule has 22 heavy (non-hydrogen) atoms. The van der Waals surface area contributed by atoms with Crippen LogP contribution in [0.4, 0.5) is 0 Å². The number of halogens is 2. The highest BCUT2D eigenvalue weighted by atomic mass is 35.5. The molecule has 0 saturated carbocycles. The summed E-state index contributed by atoms with van der Waals surface area (Å²) in [7, 11) is 0. The van der Waals surface area contributed by atoms with Gasteiger partial charge in [-0.3, -0.25) is 9.58 Å². The molecule has 0 radical (unpaired) electrons. The molecule has 128 valence electrons. The molecule has 2 aliphatic rings. The third-order valence-corrected chi connectivity index (χ3v) is 3.98. The van der Waals surface area contributed by atoms with E-state index in [0.717, 1.165) is 38.3 Å². The molecule has 0 aromatic carbocycles. The van der Waals surface area contributed by atoms with Crippen LogP contribution in [0.25, 0.3) is 0 Å². The summed E-state index contributed by atoms with van der Waals surface area (Å²) in [4.78, 5) is 2.32. The molecule has 3 heterocycles. The van der Waals surface area contributed by atoms with Gasteiger partial charge in [-0.15, -0.1) is 24.8 Å². The predicted molar refractivity (Wildman–Crippen MR) is 90.0 cm³/mol. The van der Waals surface area contributed by atoms with E-state index in [4.69, 9.17) is 4.74 Å². The molecule has 0 aliphatic carbocycles. The van der Waals surface area contributed by atoms with Gasteiger partial charge in [0.25, 0.3) is 0 Å². The number of aromatic nitrogens is 2. The Hall–Kier alpha value is -0.370. The van der Waals surface area contributed by atoms with Crippen molar-refractivity contribution in [2.45, 2.75) is 32.0 Å². The van der Waals surface area contributed by atoms with Gasteiger partial charge < -0.3 is 15.2 Å². The maximum Gasteiger partial charge on any atom is 0.113 e. The van der Waals surface area contributed by atoms with Crippen molar-refractivity contribution < 1.29 is 9.84 Å². The summed E-state index contributed by atoms with van der Waals surface area (Å²) in [5.74, 6) is 0. The molecule has 0 bridgehead atoms. The summed E-state index contributed by atoms with van der Waals surface area (Å²) in [6.45, 7) is 7.98. The largest absolute Gasteiger partial charge is 0.385 e. The van der Waals surface area contributed by atoms with Gasteiger partial charge in [-0.25, -0.2) is 0 Å². The molecule has 6 nitrogen and oxygen atoms in total. The lowest BCUT2D eigenvalue weighted by Crippen LogP contribution is -2.51. The highest BCUT2D eigenvalue weighted by molar-refractivity contribution is 5.85. The maximum absolute atomic E-state index is 10.7. The Morgan fingerprint density at radius 2 is 2.23 bits per heavy atom. The lowest BCUT2D eigenvalue weighted by Gasteiger charge is -2.32. The molecule has 1 unspecified atom stereocenters. The summed E-state index contributed by atoms with van der Waals surface area (Å²) in [6.07, 6.45) is 1.07. The van der Waals surface area contributed by atoms with Crippen molar-refractivity contribution >= 4 is 24.8 Å². The van der Waals surface area contributed by atoms with Crippen molar-refractivity contribution in [2.24, 2.45) is 0 Å². The molecule has 0 amide bonds. The molecule has 2 N–H and O–H groups in total. The second kappa shape index (κ2) is 8.47. The standard InChI is InChI=1S/C14H24N4O2.2ClH/c1-12-7-13-8-17(4-2-5-18(13)16-12)10-14(19)9-15-3-6-20-11-14;;/h7,15,19H,2-6,8-11H2,1H3;2*1H. The number of aliphatic hydroxyl groups is 1. The zero-order chi connectivity index (χ0) is 14.0. The van der Waals surface area contributed by atoms with Crippen LogP contribution in [0.2, 0.25) is 0 Å². The SMILES string of the molecule is Cc1cc2n(n1)CCCN(CC1(O)CNCCOC1)C2.Cl.Cl. The summed E-state index contributed by atoms with van der Waals surface area (Å²) in [5.41, 5.74) is 1.52. The zero-order valence-electron chi connectivity index (χ0n) is 13.0. The van der Waals surface area contributed by atoms with Gasteiger partial charge in [0.2, 0.25) is 0 Å². The maximum atomic E-state index is 10.7. The van der Waals surface area contributed by atoms with Gasteiger partial charge >= 0.3 is 0 Å². The van der Waals surface area contributed by atoms with E-state index in [2.05, 4.69) is 26.1 Å². The van der Waals surface area contributed by atoms with Gasteiger partial charge in [-0.1, -0.05) is 0 Å². The van der Waals surface area contributed by atoms with Crippen LogP contribution >= 0.6 is 24.8 Å². The smallest absolute Gasteiger partial charge is 0.113 e. The Morgan fingerprint density at radius 3 is 3.05 bits per heavy atom.